The molecule has 1 rings (SSSR count). The minimum Gasteiger partial charge on any atom is -0.325 e. The molecule has 0 aliphatic rings. The first kappa shape index (κ1) is 12.7. The van der Waals surface area contributed by atoms with E-state index in [4.69, 9.17) is 5.73 Å². The minimum atomic E-state index is -0.222. The SMILES string of the molecule is CCCC(C)(N)Cc1ccc(F)cc1Br. The molecular weight excluding hydrogens is 257 g/mol. The van der Waals surface area contributed by atoms with E-state index in [1.54, 1.807) is 6.07 Å². The number of hydrogen-bond donors (Lipinski definition) is 1. The molecule has 1 atom stereocenters. The number of rotatable bonds is 4. The highest BCUT2D eigenvalue weighted by molar-refractivity contribution is 9.10. The Morgan fingerprint density at radius 3 is 2.67 bits per heavy atom. The average Bonchev–Trinajstić information content (AvgIpc) is 2.09. The summed E-state index contributed by atoms with van der Waals surface area (Å²) in [5, 5.41) is 0. The van der Waals surface area contributed by atoms with Crippen molar-refractivity contribution in [3.05, 3.63) is 34.1 Å². The van der Waals surface area contributed by atoms with E-state index in [1.165, 1.54) is 12.1 Å². The van der Waals surface area contributed by atoms with Gasteiger partial charge < -0.3 is 5.73 Å². The van der Waals surface area contributed by atoms with Gasteiger partial charge in [0.15, 0.2) is 0 Å². The third-order valence-electron chi connectivity index (χ3n) is 2.43. The molecule has 84 valence electrons. The van der Waals surface area contributed by atoms with Gasteiger partial charge in [0.1, 0.15) is 5.82 Å². The maximum absolute atomic E-state index is 12.9. The van der Waals surface area contributed by atoms with Crippen molar-refractivity contribution < 1.29 is 4.39 Å². The Morgan fingerprint density at radius 2 is 2.13 bits per heavy atom. The topological polar surface area (TPSA) is 26.0 Å². The van der Waals surface area contributed by atoms with Crippen LogP contribution in [-0.4, -0.2) is 5.54 Å². The Morgan fingerprint density at radius 1 is 1.47 bits per heavy atom. The van der Waals surface area contributed by atoms with E-state index >= 15 is 0 Å². The molecule has 3 heteroatoms. The molecule has 0 saturated carbocycles. The zero-order valence-electron chi connectivity index (χ0n) is 9.19. The van der Waals surface area contributed by atoms with Crippen LogP contribution in [0.25, 0.3) is 0 Å². The van der Waals surface area contributed by atoms with E-state index in [-0.39, 0.29) is 11.4 Å². The molecule has 0 aliphatic carbocycles. The lowest BCUT2D eigenvalue weighted by Gasteiger charge is -2.24. The normalized spacial score (nSPS) is 15.0. The van der Waals surface area contributed by atoms with Gasteiger partial charge in [-0.2, -0.15) is 0 Å². The van der Waals surface area contributed by atoms with Gasteiger partial charge in [-0.1, -0.05) is 35.3 Å². The van der Waals surface area contributed by atoms with Crippen molar-refractivity contribution in [3.63, 3.8) is 0 Å². The third kappa shape index (κ3) is 3.92. The summed E-state index contributed by atoms with van der Waals surface area (Å²) in [5.41, 5.74) is 7.00. The van der Waals surface area contributed by atoms with Crippen LogP contribution < -0.4 is 5.73 Å². The summed E-state index contributed by atoms with van der Waals surface area (Å²) in [6, 6.07) is 4.75. The standard InChI is InChI=1S/C12H17BrFN/c1-3-6-12(2,15)8-9-4-5-10(14)7-11(9)13/h4-5,7H,3,6,8,15H2,1-2H3. The third-order valence-corrected chi connectivity index (χ3v) is 3.17. The first-order valence-corrected chi connectivity index (χ1v) is 5.97. The highest BCUT2D eigenvalue weighted by Crippen LogP contribution is 2.23. The zero-order valence-corrected chi connectivity index (χ0v) is 10.8. The molecule has 1 nitrogen and oxygen atoms in total. The van der Waals surface area contributed by atoms with Crippen LogP contribution in [0.15, 0.2) is 22.7 Å². The van der Waals surface area contributed by atoms with E-state index in [0.717, 1.165) is 29.3 Å². The lowest BCUT2D eigenvalue weighted by molar-refractivity contribution is 0.424. The molecule has 0 fully saturated rings. The predicted octanol–water partition coefficient (Wildman–Crippen LogP) is 3.65. The lowest BCUT2D eigenvalue weighted by atomic mass is 9.90. The van der Waals surface area contributed by atoms with Crippen molar-refractivity contribution in [2.45, 2.75) is 38.6 Å². The highest BCUT2D eigenvalue weighted by atomic mass is 79.9. The van der Waals surface area contributed by atoms with Gasteiger partial charge in [0.05, 0.1) is 0 Å². The summed E-state index contributed by atoms with van der Waals surface area (Å²) in [6.45, 7) is 4.15. The number of halogens is 2. The van der Waals surface area contributed by atoms with Crippen LogP contribution in [0.2, 0.25) is 0 Å². The molecule has 1 aromatic carbocycles. The predicted molar refractivity (Wildman–Crippen MR) is 65.3 cm³/mol. The maximum atomic E-state index is 12.9. The van der Waals surface area contributed by atoms with E-state index in [9.17, 15) is 4.39 Å². The second-order valence-electron chi connectivity index (χ2n) is 4.32. The Labute approximate surface area is 99.0 Å². The van der Waals surface area contributed by atoms with Gasteiger partial charge in [0, 0.05) is 10.0 Å². The van der Waals surface area contributed by atoms with Crippen LogP contribution in [0.3, 0.4) is 0 Å². The van der Waals surface area contributed by atoms with E-state index in [0.29, 0.717) is 0 Å². The van der Waals surface area contributed by atoms with Gasteiger partial charge in [-0.3, -0.25) is 0 Å². The van der Waals surface area contributed by atoms with Crippen molar-refractivity contribution in [2.24, 2.45) is 5.73 Å². The maximum Gasteiger partial charge on any atom is 0.124 e. The molecule has 0 spiro atoms. The first-order chi connectivity index (χ1) is 6.94. The van der Waals surface area contributed by atoms with Crippen molar-refractivity contribution >= 4 is 15.9 Å². The quantitative estimate of drug-likeness (QED) is 0.891. The number of hydrogen-bond acceptors (Lipinski definition) is 1. The van der Waals surface area contributed by atoms with Crippen LogP contribution in [0, 0.1) is 5.82 Å². The molecule has 0 saturated heterocycles. The molecule has 2 N–H and O–H groups in total. The first-order valence-electron chi connectivity index (χ1n) is 5.17. The highest BCUT2D eigenvalue weighted by Gasteiger charge is 2.19. The van der Waals surface area contributed by atoms with Gasteiger partial charge in [0.25, 0.3) is 0 Å². The molecular formula is C12H17BrFN. The number of nitrogens with two attached hydrogens (primary N) is 1. The van der Waals surface area contributed by atoms with Crippen molar-refractivity contribution in [1.82, 2.24) is 0 Å². The molecule has 1 aromatic rings. The van der Waals surface area contributed by atoms with Gasteiger partial charge in [-0.15, -0.1) is 0 Å². The molecule has 0 aromatic heterocycles. The zero-order chi connectivity index (χ0) is 11.5. The van der Waals surface area contributed by atoms with Gasteiger partial charge in [0.2, 0.25) is 0 Å². The Bertz CT molecular complexity index is 336. The van der Waals surface area contributed by atoms with Gasteiger partial charge in [-0.05, 0) is 37.5 Å². The molecule has 0 radical (unpaired) electrons. The van der Waals surface area contributed by atoms with E-state index < -0.39 is 0 Å². The van der Waals surface area contributed by atoms with Crippen molar-refractivity contribution in [3.8, 4) is 0 Å². The van der Waals surface area contributed by atoms with Crippen LogP contribution in [0.4, 0.5) is 4.39 Å². The van der Waals surface area contributed by atoms with Gasteiger partial charge in [-0.25, -0.2) is 4.39 Å². The molecule has 0 bridgehead atoms. The molecule has 0 aliphatic heterocycles. The Balaban J connectivity index is 2.80. The molecule has 1 unspecified atom stereocenters. The summed E-state index contributed by atoms with van der Waals surface area (Å²) in [7, 11) is 0. The smallest absolute Gasteiger partial charge is 0.124 e. The number of benzene rings is 1. The minimum absolute atomic E-state index is 0.213. The molecule has 15 heavy (non-hydrogen) atoms. The average molecular weight is 274 g/mol. The van der Waals surface area contributed by atoms with Crippen LogP contribution in [-0.2, 0) is 6.42 Å². The molecule has 0 heterocycles. The Hall–Kier alpha value is -0.410. The fourth-order valence-electron chi connectivity index (χ4n) is 1.76. The van der Waals surface area contributed by atoms with Crippen LogP contribution in [0.5, 0.6) is 0 Å². The molecule has 0 amide bonds. The summed E-state index contributed by atoms with van der Waals surface area (Å²) >= 11 is 3.36. The van der Waals surface area contributed by atoms with Crippen LogP contribution >= 0.6 is 15.9 Å². The summed E-state index contributed by atoms with van der Waals surface area (Å²) in [5.74, 6) is -0.222. The van der Waals surface area contributed by atoms with E-state index in [1.807, 2.05) is 6.92 Å². The van der Waals surface area contributed by atoms with Crippen molar-refractivity contribution in [1.29, 1.82) is 0 Å². The second-order valence-corrected chi connectivity index (χ2v) is 5.17. The van der Waals surface area contributed by atoms with Crippen LogP contribution in [0.1, 0.15) is 32.3 Å². The summed E-state index contributed by atoms with van der Waals surface area (Å²) in [6.07, 6.45) is 2.80. The fraction of sp³-hybridized carbons (Fsp3) is 0.500. The summed E-state index contributed by atoms with van der Waals surface area (Å²) < 4.78 is 13.7. The largest absolute Gasteiger partial charge is 0.325 e. The lowest BCUT2D eigenvalue weighted by Crippen LogP contribution is -2.38. The summed E-state index contributed by atoms with van der Waals surface area (Å²) in [4.78, 5) is 0. The monoisotopic (exact) mass is 273 g/mol. The van der Waals surface area contributed by atoms with Gasteiger partial charge >= 0.3 is 0 Å². The van der Waals surface area contributed by atoms with E-state index in [2.05, 4.69) is 22.9 Å². The second kappa shape index (κ2) is 5.08. The van der Waals surface area contributed by atoms with Crippen molar-refractivity contribution in [2.75, 3.05) is 0 Å². The Kier molecular flexibility index (Phi) is 4.29. The fourth-order valence-corrected chi connectivity index (χ4v) is 2.25.